The Kier molecular flexibility index (Phi) is 5.94. The van der Waals surface area contributed by atoms with Gasteiger partial charge in [0.05, 0.1) is 4.90 Å². The normalized spacial score (nSPS) is 15.1. The Hall–Kier alpha value is -3.48. The molecule has 0 saturated heterocycles. The smallest absolute Gasteiger partial charge is 0.297 e. The van der Waals surface area contributed by atoms with Gasteiger partial charge in [0, 0.05) is 12.0 Å². The molecule has 0 amide bonds. The third-order valence-corrected chi connectivity index (χ3v) is 7.16. The maximum atomic E-state index is 14.0. The van der Waals surface area contributed by atoms with E-state index in [1.807, 2.05) is 55.5 Å². The summed E-state index contributed by atoms with van der Waals surface area (Å²) in [4.78, 5) is 0.112. The van der Waals surface area contributed by atoms with Gasteiger partial charge >= 0.3 is 0 Å². The Morgan fingerprint density at radius 1 is 0.882 bits per heavy atom. The Balaban J connectivity index is 1.44. The molecule has 4 aromatic carbocycles. The highest BCUT2D eigenvalue weighted by atomic mass is 32.2. The molecule has 4 nitrogen and oxygen atoms in total. The summed E-state index contributed by atoms with van der Waals surface area (Å²) in [5, 5.41) is 0. The van der Waals surface area contributed by atoms with Crippen LogP contribution in [0.5, 0.6) is 5.75 Å². The summed E-state index contributed by atoms with van der Waals surface area (Å²) in [6, 6.07) is 26.8. The molecular formula is C28H23FO4S. The van der Waals surface area contributed by atoms with Gasteiger partial charge in [-0.05, 0) is 65.6 Å². The van der Waals surface area contributed by atoms with E-state index in [1.165, 1.54) is 24.3 Å². The third-order valence-electron chi connectivity index (χ3n) is 5.86. The second-order valence-electron chi connectivity index (χ2n) is 8.38. The number of benzene rings is 4. The maximum absolute atomic E-state index is 14.0. The van der Waals surface area contributed by atoms with E-state index in [0.29, 0.717) is 17.7 Å². The summed E-state index contributed by atoms with van der Waals surface area (Å²) < 4.78 is 50.8. The lowest BCUT2D eigenvalue weighted by Gasteiger charge is -2.14. The summed E-state index contributed by atoms with van der Waals surface area (Å²) in [6.45, 7) is 1.77. The molecular weight excluding hydrogens is 451 g/mol. The summed E-state index contributed by atoms with van der Waals surface area (Å²) in [7, 11) is -3.90. The quantitative estimate of drug-likeness (QED) is 0.313. The molecule has 1 heterocycles. The molecule has 1 atom stereocenters. The van der Waals surface area contributed by atoms with Crippen LogP contribution in [0.3, 0.4) is 0 Å². The van der Waals surface area contributed by atoms with Crippen molar-refractivity contribution >= 4 is 10.1 Å². The maximum Gasteiger partial charge on any atom is 0.297 e. The Morgan fingerprint density at radius 3 is 2.35 bits per heavy atom. The van der Waals surface area contributed by atoms with E-state index in [0.717, 1.165) is 27.8 Å². The second kappa shape index (κ2) is 9.05. The van der Waals surface area contributed by atoms with Gasteiger partial charge in [-0.15, -0.1) is 0 Å². The Bertz CT molecular complexity index is 1430. The molecule has 6 heteroatoms. The lowest BCUT2D eigenvalue weighted by Crippen LogP contribution is -2.23. The van der Waals surface area contributed by atoms with Gasteiger partial charge in [0.1, 0.15) is 24.3 Å². The van der Waals surface area contributed by atoms with Crippen LogP contribution in [0.15, 0.2) is 95.9 Å². The zero-order valence-corrected chi connectivity index (χ0v) is 19.4. The molecule has 1 aliphatic rings. The zero-order valence-electron chi connectivity index (χ0n) is 18.6. The van der Waals surface area contributed by atoms with Crippen molar-refractivity contribution in [2.75, 3.05) is 6.61 Å². The number of hydrogen-bond donors (Lipinski definition) is 0. The van der Waals surface area contributed by atoms with Crippen molar-refractivity contribution in [2.24, 2.45) is 0 Å². The summed E-state index contributed by atoms with van der Waals surface area (Å²) >= 11 is 0. The molecule has 0 radical (unpaired) electrons. The number of hydrogen-bond acceptors (Lipinski definition) is 4. The van der Waals surface area contributed by atoms with Crippen LogP contribution in [0.2, 0.25) is 0 Å². The van der Waals surface area contributed by atoms with Crippen LogP contribution in [-0.2, 0) is 20.7 Å². The summed E-state index contributed by atoms with van der Waals surface area (Å²) in [5.74, 6) is 0.296. The van der Waals surface area contributed by atoms with Crippen molar-refractivity contribution in [3.63, 3.8) is 0 Å². The lowest BCUT2D eigenvalue weighted by atomic mass is 9.94. The number of halogens is 1. The SMILES string of the molecule is Cc1ccc(S(=O)(=O)OCC2Cc3cc(-c4ccccc4)cc(-c4cccc(F)c4)c3O2)cc1. The van der Waals surface area contributed by atoms with Gasteiger partial charge < -0.3 is 4.74 Å². The highest BCUT2D eigenvalue weighted by Crippen LogP contribution is 2.42. The van der Waals surface area contributed by atoms with Crippen LogP contribution in [0.25, 0.3) is 22.3 Å². The highest BCUT2D eigenvalue weighted by molar-refractivity contribution is 7.86. The van der Waals surface area contributed by atoms with E-state index in [4.69, 9.17) is 8.92 Å². The Morgan fingerprint density at radius 2 is 1.62 bits per heavy atom. The molecule has 1 unspecified atom stereocenters. The minimum absolute atomic E-state index is 0.112. The molecule has 0 bridgehead atoms. The Labute approximate surface area is 198 Å². The average molecular weight is 475 g/mol. The molecule has 0 aliphatic carbocycles. The van der Waals surface area contributed by atoms with E-state index < -0.39 is 16.2 Å². The van der Waals surface area contributed by atoms with Crippen LogP contribution in [0.4, 0.5) is 4.39 Å². The van der Waals surface area contributed by atoms with E-state index >= 15 is 0 Å². The molecule has 5 rings (SSSR count). The minimum atomic E-state index is -3.90. The number of rotatable bonds is 6. The fraction of sp³-hybridized carbons (Fsp3) is 0.143. The van der Waals surface area contributed by atoms with Crippen molar-refractivity contribution in [1.29, 1.82) is 0 Å². The second-order valence-corrected chi connectivity index (χ2v) is 10.00. The molecule has 0 fully saturated rings. The fourth-order valence-corrected chi connectivity index (χ4v) is 5.07. The zero-order chi connectivity index (χ0) is 23.7. The largest absolute Gasteiger partial charge is 0.487 e. The molecule has 1 aliphatic heterocycles. The molecule has 4 aromatic rings. The first-order valence-corrected chi connectivity index (χ1v) is 12.4. The van der Waals surface area contributed by atoms with Crippen molar-refractivity contribution in [2.45, 2.75) is 24.3 Å². The first kappa shape index (κ1) is 22.3. The highest BCUT2D eigenvalue weighted by Gasteiger charge is 2.29. The number of ether oxygens (including phenoxy) is 1. The van der Waals surface area contributed by atoms with Crippen molar-refractivity contribution in [3.8, 4) is 28.0 Å². The van der Waals surface area contributed by atoms with Crippen LogP contribution in [0.1, 0.15) is 11.1 Å². The predicted molar refractivity (Wildman–Crippen MR) is 130 cm³/mol. The van der Waals surface area contributed by atoms with E-state index in [-0.39, 0.29) is 17.3 Å². The standard InChI is InChI=1S/C28H23FO4S/c1-19-10-12-26(13-11-19)34(30,31)32-18-25-16-23-14-22(20-6-3-2-4-7-20)17-27(28(23)33-25)21-8-5-9-24(29)15-21/h2-15,17,25H,16,18H2,1H3. The van der Waals surface area contributed by atoms with Crippen LogP contribution < -0.4 is 4.74 Å². The molecule has 34 heavy (non-hydrogen) atoms. The first-order chi connectivity index (χ1) is 16.4. The fourth-order valence-electron chi connectivity index (χ4n) is 4.13. The molecule has 0 spiro atoms. The van der Waals surface area contributed by atoms with Gasteiger partial charge in [-0.2, -0.15) is 8.42 Å². The van der Waals surface area contributed by atoms with Crippen molar-refractivity contribution in [1.82, 2.24) is 0 Å². The number of fused-ring (bicyclic) bond motifs is 1. The van der Waals surface area contributed by atoms with E-state index in [1.54, 1.807) is 18.2 Å². The van der Waals surface area contributed by atoms with Crippen LogP contribution >= 0.6 is 0 Å². The third kappa shape index (κ3) is 4.60. The number of aryl methyl sites for hydroxylation is 1. The van der Waals surface area contributed by atoms with Gasteiger partial charge in [-0.3, -0.25) is 4.18 Å². The first-order valence-electron chi connectivity index (χ1n) is 11.0. The van der Waals surface area contributed by atoms with Crippen molar-refractivity contribution < 1.29 is 21.7 Å². The minimum Gasteiger partial charge on any atom is -0.487 e. The van der Waals surface area contributed by atoms with Gasteiger partial charge in [0.25, 0.3) is 10.1 Å². The van der Waals surface area contributed by atoms with Crippen LogP contribution in [-0.4, -0.2) is 21.1 Å². The summed E-state index contributed by atoms with van der Waals surface area (Å²) in [6.07, 6.45) is 0.00965. The van der Waals surface area contributed by atoms with Gasteiger partial charge in [0.2, 0.25) is 0 Å². The molecule has 0 aromatic heterocycles. The van der Waals surface area contributed by atoms with Crippen molar-refractivity contribution in [3.05, 3.63) is 108 Å². The van der Waals surface area contributed by atoms with Crippen LogP contribution in [0, 0.1) is 12.7 Å². The predicted octanol–water partition coefficient (Wildman–Crippen LogP) is 6.18. The molecule has 0 N–H and O–H groups in total. The van der Waals surface area contributed by atoms with E-state index in [2.05, 4.69) is 0 Å². The average Bonchev–Trinajstić information content (AvgIpc) is 3.26. The molecule has 172 valence electrons. The van der Waals surface area contributed by atoms with Gasteiger partial charge in [0.15, 0.2) is 0 Å². The van der Waals surface area contributed by atoms with E-state index in [9.17, 15) is 12.8 Å². The topological polar surface area (TPSA) is 52.6 Å². The monoisotopic (exact) mass is 474 g/mol. The lowest BCUT2D eigenvalue weighted by molar-refractivity contribution is 0.152. The van der Waals surface area contributed by atoms with Gasteiger partial charge in [-0.1, -0.05) is 60.2 Å². The summed E-state index contributed by atoms with van der Waals surface area (Å²) in [5.41, 5.74) is 5.37. The van der Waals surface area contributed by atoms with Gasteiger partial charge in [-0.25, -0.2) is 4.39 Å². The molecule has 0 saturated carbocycles.